The highest BCUT2D eigenvalue weighted by Crippen LogP contribution is 2.17. The number of rotatable bonds is 3. The van der Waals surface area contributed by atoms with Crippen molar-refractivity contribution in [1.82, 2.24) is 10.2 Å². The second-order valence-corrected chi connectivity index (χ2v) is 4.69. The van der Waals surface area contributed by atoms with Gasteiger partial charge in [-0.05, 0) is 24.7 Å². The minimum absolute atomic E-state index is 0.180. The number of piperazine rings is 1. The topological polar surface area (TPSA) is 35.6 Å². The molecule has 1 aliphatic rings. The summed E-state index contributed by atoms with van der Waals surface area (Å²) in [6.45, 7) is 6.04. The number of hydrogen-bond acceptors (Lipinski definition) is 3. The van der Waals surface area contributed by atoms with E-state index >= 15 is 0 Å². The van der Waals surface area contributed by atoms with E-state index in [0.29, 0.717) is 0 Å². The summed E-state index contributed by atoms with van der Waals surface area (Å²) in [5.41, 5.74) is 2.54. The average Bonchev–Trinajstić information content (AvgIpc) is 2.40. The first-order chi connectivity index (χ1) is 8.70. The summed E-state index contributed by atoms with van der Waals surface area (Å²) in [4.78, 5) is 15.5. The van der Waals surface area contributed by atoms with Crippen molar-refractivity contribution >= 4 is 11.6 Å². The quantitative estimate of drug-likeness (QED) is 0.868. The van der Waals surface area contributed by atoms with Gasteiger partial charge in [-0.25, -0.2) is 0 Å². The summed E-state index contributed by atoms with van der Waals surface area (Å²) < 4.78 is 0. The van der Waals surface area contributed by atoms with Crippen molar-refractivity contribution in [3.63, 3.8) is 0 Å². The smallest absolute Gasteiger partial charge is 0.219 e. The minimum atomic E-state index is 0.180. The number of hydrogen-bond donors (Lipinski definition) is 1. The van der Waals surface area contributed by atoms with Gasteiger partial charge in [0.15, 0.2) is 0 Å². The normalized spacial score (nSPS) is 15.9. The molecule has 0 unspecified atom stereocenters. The molecule has 1 amide bonds. The van der Waals surface area contributed by atoms with Crippen LogP contribution in [0.15, 0.2) is 24.3 Å². The van der Waals surface area contributed by atoms with Crippen LogP contribution in [0.3, 0.4) is 0 Å². The Labute approximate surface area is 109 Å². The molecule has 1 fully saturated rings. The van der Waals surface area contributed by atoms with Gasteiger partial charge in [0.25, 0.3) is 0 Å². The highest BCUT2D eigenvalue weighted by Gasteiger charge is 2.18. The van der Waals surface area contributed by atoms with E-state index in [4.69, 9.17) is 0 Å². The van der Waals surface area contributed by atoms with Crippen molar-refractivity contribution < 1.29 is 4.79 Å². The Kier molecular flexibility index (Phi) is 4.20. The second-order valence-electron chi connectivity index (χ2n) is 4.69. The van der Waals surface area contributed by atoms with E-state index < -0.39 is 0 Å². The van der Waals surface area contributed by atoms with Gasteiger partial charge in [0.05, 0.1) is 0 Å². The van der Waals surface area contributed by atoms with E-state index in [0.717, 1.165) is 32.7 Å². The van der Waals surface area contributed by atoms with Gasteiger partial charge in [-0.1, -0.05) is 12.1 Å². The molecule has 1 aliphatic heterocycles. The van der Waals surface area contributed by atoms with Gasteiger partial charge in [-0.2, -0.15) is 0 Å². The van der Waals surface area contributed by atoms with Crippen LogP contribution >= 0.6 is 0 Å². The first-order valence-electron chi connectivity index (χ1n) is 6.44. The van der Waals surface area contributed by atoms with E-state index in [1.54, 1.807) is 6.92 Å². The summed E-state index contributed by atoms with van der Waals surface area (Å²) in [6, 6.07) is 8.64. The molecule has 2 rings (SSSR count). The lowest BCUT2D eigenvalue weighted by atomic mass is 10.2. The lowest BCUT2D eigenvalue weighted by Crippen LogP contribution is -2.48. The van der Waals surface area contributed by atoms with Crippen LogP contribution in [0.5, 0.6) is 0 Å². The van der Waals surface area contributed by atoms with Gasteiger partial charge in [0.2, 0.25) is 5.91 Å². The van der Waals surface area contributed by atoms with Crippen LogP contribution in [0.2, 0.25) is 0 Å². The lowest BCUT2D eigenvalue weighted by Gasteiger charge is -2.35. The third kappa shape index (κ3) is 3.01. The summed E-state index contributed by atoms with van der Waals surface area (Å²) in [6.07, 6.45) is 0. The zero-order valence-electron chi connectivity index (χ0n) is 11.1. The number of anilines is 1. The molecule has 98 valence electrons. The Morgan fingerprint density at radius 1 is 1.17 bits per heavy atom. The van der Waals surface area contributed by atoms with E-state index in [2.05, 4.69) is 34.5 Å². The molecule has 0 atom stereocenters. The van der Waals surface area contributed by atoms with Crippen molar-refractivity contribution in [3.8, 4) is 0 Å². The third-order valence-corrected chi connectivity index (χ3v) is 3.41. The van der Waals surface area contributed by atoms with Crippen molar-refractivity contribution in [1.29, 1.82) is 0 Å². The predicted molar refractivity (Wildman–Crippen MR) is 73.7 cm³/mol. The van der Waals surface area contributed by atoms with Gasteiger partial charge >= 0.3 is 0 Å². The zero-order valence-corrected chi connectivity index (χ0v) is 11.1. The Morgan fingerprint density at radius 3 is 2.28 bits per heavy atom. The SMILES string of the molecule is CNCc1ccc(N2CCN(C(C)=O)CC2)cc1. The molecule has 1 N–H and O–H groups in total. The molecule has 1 aromatic carbocycles. The van der Waals surface area contributed by atoms with Crippen molar-refractivity contribution in [2.75, 3.05) is 38.1 Å². The van der Waals surface area contributed by atoms with Crippen LogP contribution in [0.4, 0.5) is 5.69 Å². The molecule has 0 radical (unpaired) electrons. The number of carbonyl (C=O) groups excluding carboxylic acids is 1. The standard InChI is InChI=1S/C14H21N3O/c1-12(18)16-7-9-17(10-8-16)14-5-3-13(4-6-14)11-15-2/h3-6,15H,7-11H2,1-2H3. The fourth-order valence-corrected chi connectivity index (χ4v) is 2.31. The van der Waals surface area contributed by atoms with Gasteiger partial charge in [-0.3, -0.25) is 4.79 Å². The van der Waals surface area contributed by atoms with Gasteiger partial charge in [0, 0.05) is 45.3 Å². The highest BCUT2D eigenvalue weighted by atomic mass is 16.2. The maximum Gasteiger partial charge on any atom is 0.219 e. The van der Waals surface area contributed by atoms with Crippen LogP contribution in [-0.4, -0.2) is 44.0 Å². The molecule has 0 aromatic heterocycles. The molecule has 0 bridgehead atoms. The number of amides is 1. The molecule has 4 nitrogen and oxygen atoms in total. The Morgan fingerprint density at radius 2 is 1.78 bits per heavy atom. The number of nitrogens with one attached hydrogen (secondary N) is 1. The maximum absolute atomic E-state index is 11.3. The third-order valence-electron chi connectivity index (χ3n) is 3.41. The predicted octanol–water partition coefficient (Wildman–Crippen LogP) is 1.07. The van der Waals surface area contributed by atoms with Crippen LogP contribution < -0.4 is 10.2 Å². The molecule has 4 heteroatoms. The van der Waals surface area contributed by atoms with E-state index in [9.17, 15) is 4.79 Å². The van der Waals surface area contributed by atoms with E-state index in [1.807, 2.05) is 11.9 Å². The Bertz CT molecular complexity index is 394. The van der Waals surface area contributed by atoms with Crippen LogP contribution in [-0.2, 0) is 11.3 Å². The van der Waals surface area contributed by atoms with Crippen LogP contribution in [0.25, 0.3) is 0 Å². The lowest BCUT2D eigenvalue weighted by molar-refractivity contribution is -0.129. The van der Waals surface area contributed by atoms with Crippen molar-refractivity contribution in [2.24, 2.45) is 0 Å². The number of nitrogens with zero attached hydrogens (tertiary/aromatic N) is 2. The largest absolute Gasteiger partial charge is 0.368 e. The Hall–Kier alpha value is -1.55. The van der Waals surface area contributed by atoms with Crippen LogP contribution in [0, 0.1) is 0 Å². The van der Waals surface area contributed by atoms with Crippen LogP contribution in [0.1, 0.15) is 12.5 Å². The molecule has 0 saturated carbocycles. The van der Waals surface area contributed by atoms with Gasteiger partial charge in [-0.15, -0.1) is 0 Å². The molecule has 1 heterocycles. The fraction of sp³-hybridized carbons (Fsp3) is 0.500. The molecule has 0 spiro atoms. The first kappa shape index (κ1) is 12.9. The number of benzene rings is 1. The monoisotopic (exact) mass is 247 g/mol. The fourth-order valence-electron chi connectivity index (χ4n) is 2.31. The first-order valence-corrected chi connectivity index (χ1v) is 6.44. The average molecular weight is 247 g/mol. The van der Waals surface area contributed by atoms with Crippen molar-refractivity contribution in [3.05, 3.63) is 29.8 Å². The summed E-state index contributed by atoms with van der Waals surface area (Å²) in [7, 11) is 1.95. The van der Waals surface area contributed by atoms with Gasteiger partial charge in [0.1, 0.15) is 0 Å². The highest BCUT2D eigenvalue weighted by molar-refractivity contribution is 5.73. The molecule has 1 saturated heterocycles. The van der Waals surface area contributed by atoms with Crippen molar-refractivity contribution in [2.45, 2.75) is 13.5 Å². The maximum atomic E-state index is 11.3. The zero-order chi connectivity index (χ0) is 13.0. The summed E-state index contributed by atoms with van der Waals surface area (Å²) in [5.74, 6) is 0.180. The molecule has 1 aromatic rings. The molecule has 0 aliphatic carbocycles. The molecule has 18 heavy (non-hydrogen) atoms. The molecular formula is C14H21N3O. The number of carbonyl (C=O) groups is 1. The van der Waals surface area contributed by atoms with E-state index in [-0.39, 0.29) is 5.91 Å². The minimum Gasteiger partial charge on any atom is -0.368 e. The summed E-state index contributed by atoms with van der Waals surface area (Å²) in [5, 5.41) is 3.14. The summed E-state index contributed by atoms with van der Waals surface area (Å²) >= 11 is 0. The Balaban J connectivity index is 1.95. The second kappa shape index (κ2) is 5.87. The molecular weight excluding hydrogens is 226 g/mol. The van der Waals surface area contributed by atoms with E-state index in [1.165, 1.54) is 11.3 Å². The van der Waals surface area contributed by atoms with Gasteiger partial charge < -0.3 is 15.1 Å².